The zero-order valence-electron chi connectivity index (χ0n) is 20.6. The fraction of sp³-hybridized carbons (Fsp3) is 0.615. The van der Waals surface area contributed by atoms with Crippen LogP contribution in [0.15, 0.2) is 18.2 Å². The summed E-state index contributed by atoms with van der Waals surface area (Å²) in [4.78, 5) is 13.0. The van der Waals surface area contributed by atoms with Crippen LogP contribution in [0.25, 0.3) is 11.3 Å². The number of aromatic nitrogens is 2. The summed E-state index contributed by atoms with van der Waals surface area (Å²) in [6, 6.07) is 5.45. The van der Waals surface area contributed by atoms with Gasteiger partial charge >= 0.3 is 6.18 Å². The average molecular weight is 480 g/mol. The number of benzene rings is 1. The summed E-state index contributed by atoms with van der Waals surface area (Å²) in [5.74, 6) is 1.67. The van der Waals surface area contributed by atoms with Crippen LogP contribution in [-0.2, 0) is 13.0 Å². The van der Waals surface area contributed by atoms with Crippen molar-refractivity contribution < 1.29 is 22.7 Å². The van der Waals surface area contributed by atoms with Crippen molar-refractivity contribution in [1.82, 2.24) is 15.1 Å². The first-order valence-electron chi connectivity index (χ1n) is 12.2. The van der Waals surface area contributed by atoms with Gasteiger partial charge in [0.25, 0.3) is 5.91 Å². The number of hydrogen-bond donors (Lipinski definition) is 1. The van der Waals surface area contributed by atoms with E-state index in [9.17, 15) is 18.0 Å². The third-order valence-electron chi connectivity index (χ3n) is 6.84. The van der Waals surface area contributed by atoms with Crippen LogP contribution in [0.2, 0.25) is 0 Å². The van der Waals surface area contributed by atoms with Crippen molar-refractivity contribution in [2.45, 2.75) is 78.4 Å². The van der Waals surface area contributed by atoms with Gasteiger partial charge in [-0.1, -0.05) is 25.8 Å². The van der Waals surface area contributed by atoms with Gasteiger partial charge in [0.1, 0.15) is 5.75 Å². The number of nitrogens with zero attached hydrogens (tertiary/aromatic N) is 2. The Kier molecular flexibility index (Phi) is 8.66. The number of hydrogen-bond acceptors (Lipinski definition) is 3. The quantitative estimate of drug-likeness (QED) is 0.457. The minimum Gasteiger partial charge on any atom is -0.496 e. The van der Waals surface area contributed by atoms with E-state index in [1.54, 1.807) is 17.9 Å². The maximum atomic E-state index is 13.0. The van der Waals surface area contributed by atoms with Crippen LogP contribution in [0.4, 0.5) is 13.2 Å². The van der Waals surface area contributed by atoms with E-state index in [0.717, 1.165) is 41.1 Å². The van der Waals surface area contributed by atoms with Gasteiger partial charge in [-0.3, -0.25) is 9.48 Å². The summed E-state index contributed by atoms with van der Waals surface area (Å²) in [6.07, 6.45) is 0.0831. The van der Waals surface area contributed by atoms with Crippen LogP contribution in [0.3, 0.4) is 0 Å². The molecule has 0 saturated heterocycles. The highest BCUT2D eigenvalue weighted by Gasteiger charge is 2.27. The van der Waals surface area contributed by atoms with Crippen LogP contribution in [-0.4, -0.2) is 35.5 Å². The van der Waals surface area contributed by atoms with Crippen LogP contribution in [0.5, 0.6) is 5.75 Å². The van der Waals surface area contributed by atoms with Crippen molar-refractivity contribution >= 4 is 5.91 Å². The second-order valence-electron chi connectivity index (χ2n) is 9.48. The SMILES string of the molecule is CCn1nc(C(=O)NCC2CCC(C)CC2)c(C)c1-c1ccc(CCCC(F)(F)F)cc1OC. The largest absolute Gasteiger partial charge is 0.496 e. The lowest BCUT2D eigenvalue weighted by atomic mass is 9.83. The number of rotatable bonds is 9. The van der Waals surface area contributed by atoms with Crippen LogP contribution >= 0.6 is 0 Å². The van der Waals surface area contributed by atoms with Crippen LogP contribution in [0, 0.1) is 18.8 Å². The standard InChI is InChI=1S/C26H36F3N3O2/c1-5-32-24(21-13-12-19(15-22(21)34-4)7-6-14-26(27,28)29)18(3)23(31-32)25(33)30-16-20-10-8-17(2)9-11-20/h12-13,15,17,20H,5-11,14,16H2,1-4H3,(H,30,33). The maximum absolute atomic E-state index is 13.0. The molecule has 1 N–H and O–H groups in total. The van der Waals surface area contributed by atoms with Gasteiger partial charge in [0.05, 0.1) is 12.8 Å². The fourth-order valence-corrected chi connectivity index (χ4v) is 4.77. The number of halogens is 3. The molecule has 1 aromatic carbocycles. The minimum atomic E-state index is -4.15. The third kappa shape index (κ3) is 6.54. The molecule has 2 aromatic rings. The number of nitrogens with one attached hydrogen (secondary N) is 1. The van der Waals surface area contributed by atoms with Crippen molar-refractivity contribution in [3.63, 3.8) is 0 Å². The second-order valence-corrected chi connectivity index (χ2v) is 9.48. The second kappa shape index (κ2) is 11.3. The predicted octanol–water partition coefficient (Wildman–Crippen LogP) is 6.33. The molecule has 1 aromatic heterocycles. The van der Waals surface area contributed by atoms with Gasteiger partial charge in [-0.15, -0.1) is 0 Å². The van der Waals surface area contributed by atoms with E-state index in [1.165, 1.54) is 12.8 Å². The highest BCUT2D eigenvalue weighted by molar-refractivity contribution is 5.95. The Morgan fingerprint density at radius 3 is 2.56 bits per heavy atom. The van der Waals surface area contributed by atoms with Gasteiger partial charge < -0.3 is 10.1 Å². The molecule has 1 aliphatic rings. The molecular weight excluding hydrogens is 443 g/mol. The summed E-state index contributed by atoms with van der Waals surface area (Å²) in [5, 5.41) is 7.65. The maximum Gasteiger partial charge on any atom is 0.389 e. The van der Waals surface area contributed by atoms with Crippen molar-refractivity contribution in [3.8, 4) is 17.0 Å². The van der Waals surface area contributed by atoms with Gasteiger partial charge in [0.15, 0.2) is 5.69 Å². The van der Waals surface area contributed by atoms with Crippen molar-refractivity contribution in [3.05, 3.63) is 35.0 Å². The molecule has 34 heavy (non-hydrogen) atoms. The van der Waals surface area contributed by atoms with Crippen molar-refractivity contribution in [2.75, 3.05) is 13.7 Å². The van der Waals surface area contributed by atoms with E-state index in [4.69, 9.17) is 4.74 Å². The van der Waals surface area contributed by atoms with Crippen LogP contribution in [0.1, 0.15) is 74.0 Å². The average Bonchev–Trinajstić information content (AvgIpc) is 3.13. The van der Waals surface area contributed by atoms with Gasteiger partial charge in [-0.2, -0.15) is 18.3 Å². The molecule has 0 atom stereocenters. The summed E-state index contributed by atoms with van der Waals surface area (Å²) in [7, 11) is 1.54. The molecule has 0 unspecified atom stereocenters. The summed E-state index contributed by atoms with van der Waals surface area (Å²) in [6.45, 7) is 7.34. The monoisotopic (exact) mass is 479 g/mol. The first kappa shape index (κ1) is 26.1. The molecular formula is C26H36F3N3O2. The third-order valence-corrected chi connectivity index (χ3v) is 6.84. The molecule has 8 heteroatoms. The minimum absolute atomic E-state index is 0.0299. The molecule has 1 saturated carbocycles. The van der Waals surface area contributed by atoms with E-state index < -0.39 is 12.6 Å². The van der Waals surface area contributed by atoms with Gasteiger partial charge in [0, 0.05) is 30.6 Å². The Bertz CT molecular complexity index is 976. The predicted molar refractivity (Wildman–Crippen MR) is 127 cm³/mol. The van der Waals surface area contributed by atoms with E-state index >= 15 is 0 Å². The van der Waals surface area contributed by atoms with Gasteiger partial charge in [0.2, 0.25) is 0 Å². The first-order valence-corrected chi connectivity index (χ1v) is 12.2. The number of methoxy groups -OCH3 is 1. The Morgan fingerprint density at radius 1 is 1.24 bits per heavy atom. The highest BCUT2D eigenvalue weighted by atomic mass is 19.4. The molecule has 0 spiro atoms. The number of carbonyl (C=O) groups is 1. The van der Waals surface area contributed by atoms with E-state index in [1.807, 2.05) is 26.0 Å². The molecule has 0 radical (unpaired) electrons. The molecule has 3 rings (SSSR count). The molecule has 188 valence electrons. The zero-order valence-corrected chi connectivity index (χ0v) is 20.6. The van der Waals surface area contributed by atoms with Crippen molar-refractivity contribution in [1.29, 1.82) is 0 Å². The number of alkyl halides is 3. The zero-order chi connectivity index (χ0) is 24.9. The number of carbonyl (C=O) groups excluding carboxylic acids is 1. The molecule has 1 fully saturated rings. The Morgan fingerprint density at radius 2 is 1.94 bits per heavy atom. The lowest BCUT2D eigenvalue weighted by molar-refractivity contribution is -0.135. The van der Waals surface area contributed by atoms with Gasteiger partial charge in [-0.25, -0.2) is 0 Å². The van der Waals surface area contributed by atoms with E-state index in [0.29, 0.717) is 36.9 Å². The van der Waals surface area contributed by atoms with Crippen molar-refractivity contribution in [2.24, 2.45) is 11.8 Å². The van der Waals surface area contributed by atoms with Crippen LogP contribution < -0.4 is 10.1 Å². The number of ether oxygens (including phenoxy) is 1. The summed E-state index contributed by atoms with van der Waals surface area (Å²) < 4.78 is 44.8. The normalized spacial score (nSPS) is 18.7. The Hall–Kier alpha value is -2.51. The summed E-state index contributed by atoms with van der Waals surface area (Å²) in [5.41, 5.74) is 3.51. The molecule has 1 amide bonds. The van der Waals surface area contributed by atoms with E-state index in [-0.39, 0.29) is 12.3 Å². The molecule has 0 aliphatic heterocycles. The lowest BCUT2D eigenvalue weighted by Crippen LogP contribution is -2.31. The Labute approximate surface area is 200 Å². The number of aryl methyl sites for hydroxylation is 2. The molecule has 5 nitrogen and oxygen atoms in total. The van der Waals surface area contributed by atoms with Gasteiger partial charge in [-0.05, 0) is 69.1 Å². The number of amides is 1. The topological polar surface area (TPSA) is 56.2 Å². The molecule has 0 bridgehead atoms. The van der Waals surface area contributed by atoms with E-state index in [2.05, 4.69) is 17.3 Å². The highest BCUT2D eigenvalue weighted by Crippen LogP contribution is 2.35. The Balaban J connectivity index is 1.78. The fourth-order valence-electron chi connectivity index (χ4n) is 4.77. The molecule has 1 heterocycles. The smallest absolute Gasteiger partial charge is 0.389 e. The first-order chi connectivity index (χ1) is 16.1. The molecule has 1 aliphatic carbocycles. The lowest BCUT2D eigenvalue weighted by Gasteiger charge is -2.26. The summed E-state index contributed by atoms with van der Waals surface area (Å²) >= 11 is 0.